The van der Waals surface area contributed by atoms with Crippen molar-refractivity contribution in [3.05, 3.63) is 63.0 Å². The Kier molecular flexibility index (Phi) is 6.35. The molecule has 0 amide bonds. The molecule has 0 radical (unpaired) electrons. The number of likely N-dealkylation sites (tertiary alicyclic amines) is 1. The van der Waals surface area contributed by atoms with Crippen LogP contribution in [0.15, 0.2) is 45.6 Å². The molecule has 0 atom stereocenters. The number of aromatic hydroxyl groups is 1. The maximum atomic E-state index is 13.9. The predicted octanol–water partition coefficient (Wildman–Crippen LogP) is 6.34. The van der Waals surface area contributed by atoms with Crippen LogP contribution < -0.4 is 10.2 Å². The van der Waals surface area contributed by atoms with Crippen molar-refractivity contribution in [1.29, 1.82) is 0 Å². The number of nitrogens with zero attached hydrogens (tertiary/aromatic N) is 1. The monoisotopic (exact) mass is 467 g/mol. The lowest BCUT2D eigenvalue weighted by molar-refractivity contribution is -0.154. The summed E-state index contributed by atoms with van der Waals surface area (Å²) in [5.41, 5.74) is -1.09. The Hall–Kier alpha value is -2.71. The molecule has 1 N–H and O–H groups in total. The Morgan fingerprint density at radius 2 is 1.69 bits per heavy atom. The van der Waals surface area contributed by atoms with E-state index in [4.69, 9.17) is 20.8 Å². The second-order valence-electron chi connectivity index (χ2n) is 7.77. The molecule has 0 unspecified atom stereocenters. The molecule has 3 aromatic rings. The lowest BCUT2D eigenvalue weighted by Gasteiger charge is -2.21. The fourth-order valence-corrected chi connectivity index (χ4v) is 3.98. The largest absolute Gasteiger partial charge is 0.507 e. The van der Waals surface area contributed by atoms with E-state index in [0.29, 0.717) is 5.02 Å². The fourth-order valence-electron chi connectivity index (χ4n) is 3.86. The summed E-state index contributed by atoms with van der Waals surface area (Å²) in [6.45, 7) is 1.69. The van der Waals surface area contributed by atoms with Crippen molar-refractivity contribution < 1.29 is 27.4 Å². The van der Waals surface area contributed by atoms with E-state index >= 15 is 0 Å². The molecule has 2 aromatic carbocycles. The molecule has 9 heteroatoms. The van der Waals surface area contributed by atoms with Gasteiger partial charge in [0.25, 0.3) is 5.76 Å². The van der Waals surface area contributed by atoms with Crippen molar-refractivity contribution >= 4 is 22.6 Å². The third kappa shape index (κ3) is 4.71. The molecule has 32 heavy (non-hydrogen) atoms. The van der Waals surface area contributed by atoms with Gasteiger partial charge in [-0.15, -0.1) is 0 Å². The van der Waals surface area contributed by atoms with Gasteiger partial charge in [0.15, 0.2) is 0 Å². The molecule has 5 nitrogen and oxygen atoms in total. The van der Waals surface area contributed by atoms with Gasteiger partial charge in [-0.3, -0.25) is 9.69 Å². The van der Waals surface area contributed by atoms with Crippen molar-refractivity contribution in [3.8, 4) is 17.2 Å². The van der Waals surface area contributed by atoms with Gasteiger partial charge in [-0.1, -0.05) is 24.4 Å². The van der Waals surface area contributed by atoms with Gasteiger partial charge in [0.1, 0.15) is 17.1 Å². The first-order chi connectivity index (χ1) is 15.2. The summed E-state index contributed by atoms with van der Waals surface area (Å²) in [7, 11) is 0. The van der Waals surface area contributed by atoms with E-state index in [-0.39, 0.29) is 34.6 Å². The van der Waals surface area contributed by atoms with Gasteiger partial charge in [-0.25, -0.2) is 0 Å². The Morgan fingerprint density at radius 1 is 1.03 bits per heavy atom. The van der Waals surface area contributed by atoms with Crippen LogP contribution in [0, 0.1) is 0 Å². The fraction of sp³-hybridized carbons (Fsp3) is 0.348. The maximum Gasteiger partial charge on any atom is 0.453 e. The number of hydrogen-bond donors (Lipinski definition) is 1. The van der Waals surface area contributed by atoms with E-state index in [1.54, 1.807) is 0 Å². The summed E-state index contributed by atoms with van der Waals surface area (Å²) < 4.78 is 52.1. The van der Waals surface area contributed by atoms with Crippen molar-refractivity contribution in [2.75, 3.05) is 13.1 Å². The van der Waals surface area contributed by atoms with E-state index in [2.05, 4.69) is 0 Å². The van der Waals surface area contributed by atoms with E-state index in [0.717, 1.165) is 38.8 Å². The summed E-state index contributed by atoms with van der Waals surface area (Å²) >= 11 is 5.81. The lowest BCUT2D eigenvalue weighted by Crippen LogP contribution is -2.24. The molecular weight excluding hydrogens is 447 g/mol. The van der Waals surface area contributed by atoms with Crippen LogP contribution in [-0.4, -0.2) is 23.1 Å². The van der Waals surface area contributed by atoms with Crippen LogP contribution in [0.25, 0.3) is 11.0 Å². The lowest BCUT2D eigenvalue weighted by atomic mass is 10.1. The van der Waals surface area contributed by atoms with Gasteiger partial charge in [-0.2, -0.15) is 13.2 Å². The number of fused-ring (bicyclic) bond motifs is 1. The standard InChI is InChI=1S/C23H21ClF3NO4/c24-14-5-7-15(8-6-14)31-21-19(30)16-9-10-18(29)17(13-28-11-3-1-2-4-12-28)20(16)32-22(21)23(25,26)27/h5-10,29H,1-4,11-13H2. The van der Waals surface area contributed by atoms with E-state index in [1.165, 1.54) is 36.4 Å². The van der Waals surface area contributed by atoms with Crippen molar-refractivity contribution in [2.24, 2.45) is 0 Å². The molecule has 0 saturated carbocycles. The van der Waals surface area contributed by atoms with Crippen LogP contribution >= 0.6 is 11.6 Å². The minimum atomic E-state index is -4.99. The molecular formula is C23H21ClF3NO4. The minimum absolute atomic E-state index is 0.00937. The van der Waals surface area contributed by atoms with Crippen LogP contribution in [0.1, 0.15) is 37.0 Å². The van der Waals surface area contributed by atoms with Crippen LogP contribution in [0.3, 0.4) is 0 Å². The summed E-state index contributed by atoms with van der Waals surface area (Å²) in [4.78, 5) is 15.1. The summed E-state index contributed by atoms with van der Waals surface area (Å²) in [6, 6.07) is 8.12. The SMILES string of the molecule is O=c1c(Oc2ccc(Cl)cc2)c(C(F)(F)F)oc2c(CN3CCCCCC3)c(O)ccc12. The van der Waals surface area contributed by atoms with Gasteiger partial charge in [0, 0.05) is 11.6 Å². The van der Waals surface area contributed by atoms with Gasteiger partial charge in [0.05, 0.1) is 10.9 Å². The van der Waals surface area contributed by atoms with Crippen molar-refractivity contribution in [1.82, 2.24) is 4.90 Å². The summed E-state index contributed by atoms with van der Waals surface area (Å²) in [5, 5.41) is 10.7. The molecule has 0 spiro atoms. The zero-order valence-electron chi connectivity index (χ0n) is 17.0. The Bertz CT molecular complexity index is 1170. The average Bonchev–Trinajstić information content (AvgIpc) is 3.01. The number of halogens is 4. The quantitative estimate of drug-likeness (QED) is 0.485. The van der Waals surface area contributed by atoms with Gasteiger partial charge in [-0.05, 0) is 62.3 Å². The van der Waals surface area contributed by atoms with Gasteiger partial charge in [0.2, 0.25) is 11.2 Å². The Balaban J connectivity index is 1.85. The molecule has 1 fully saturated rings. The smallest absolute Gasteiger partial charge is 0.453 e. The van der Waals surface area contributed by atoms with Crippen molar-refractivity contribution in [3.63, 3.8) is 0 Å². The van der Waals surface area contributed by atoms with Crippen LogP contribution in [0.2, 0.25) is 5.02 Å². The number of benzene rings is 2. The van der Waals surface area contributed by atoms with Crippen LogP contribution in [0.4, 0.5) is 13.2 Å². The number of alkyl halides is 3. The first-order valence-corrected chi connectivity index (χ1v) is 10.7. The number of ether oxygens (including phenoxy) is 1. The second-order valence-corrected chi connectivity index (χ2v) is 8.21. The highest BCUT2D eigenvalue weighted by Gasteiger charge is 2.41. The van der Waals surface area contributed by atoms with E-state index in [1.807, 2.05) is 4.90 Å². The molecule has 1 aromatic heterocycles. The number of hydrogen-bond acceptors (Lipinski definition) is 5. The minimum Gasteiger partial charge on any atom is -0.507 e. The highest BCUT2D eigenvalue weighted by atomic mass is 35.5. The molecule has 1 aliphatic rings. The van der Waals surface area contributed by atoms with E-state index < -0.39 is 23.1 Å². The number of rotatable bonds is 4. The van der Waals surface area contributed by atoms with Gasteiger partial charge < -0.3 is 14.3 Å². The Morgan fingerprint density at radius 3 is 2.31 bits per heavy atom. The molecule has 1 aliphatic heterocycles. The number of phenolic OH excluding ortho intramolecular Hbond substituents is 1. The average molecular weight is 468 g/mol. The first-order valence-electron chi connectivity index (χ1n) is 10.3. The third-order valence-corrected chi connectivity index (χ3v) is 5.72. The highest BCUT2D eigenvalue weighted by Crippen LogP contribution is 2.40. The highest BCUT2D eigenvalue weighted by molar-refractivity contribution is 6.30. The number of phenols is 1. The predicted molar refractivity (Wildman–Crippen MR) is 114 cm³/mol. The van der Waals surface area contributed by atoms with Crippen LogP contribution in [-0.2, 0) is 12.7 Å². The molecule has 2 heterocycles. The second kappa shape index (κ2) is 9.03. The molecule has 0 aliphatic carbocycles. The third-order valence-electron chi connectivity index (χ3n) is 5.47. The molecule has 170 valence electrons. The normalized spacial score (nSPS) is 15.6. The first kappa shape index (κ1) is 22.5. The zero-order valence-corrected chi connectivity index (χ0v) is 17.8. The summed E-state index contributed by atoms with van der Waals surface area (Å²) in [5.74, 6) is -2.72. The summed E-state index contributed by atoms with van der Waals surface area (Å²) in [6.07, 6.45) is -0.904. The molecule has 0 bridgehead atoms. The zero-order chi connectivity index (χ0) is 22.9. The van der Waals surface area contributed by atoms with Gasteiger partial charge >= 0.3 is 6.18 Å². The molecule has 1 saturated heterocycles. The Labute approximate surface area is 187 Å². The topological polar surface area (TPSA) is 62.9 Å². The van der Waals surface area contributed by atoms with Crippen LogP contribution in [0.5, 0.6) is 17.2 Å². The van der Waals surface area contributed by atoms with Crippen molar-refractivity contribution in [2.45, 2.75) is 38.4 Å². The maximum absolute atomic E-state index is 13.9. The van der Waals surface area contributed by atoms with E-state index in [9.17, 15) is 23.1 Å². The molecule has 4 rings (SSSR count).